The summed E-state index contributed by atoms with van der Waals surface area (Å²) in [5, 5.41) is 4.07. The predicted octanol–water partition coefficient (Wildman–Crippen LogP) is 1.92. The van der Waals surface area contributed by atoms with Gasteiger partial charge in [0.05, 0.1) is 4.47 Å². The summed E-state index contributed by atoms with van der Waals surface area (Å²) in [5.41, 5.74) is 6.62. The number of nitrogen functional groups attached to an aromatic ring is 1. The van der Waals surface area contributed by atoms with Crippen LogP contribution < -0.4 is 5.73 Å². The fourth-order valence-corrected chi connectivity index (χ4v) is 1.80. The van der Waals surface area contributed by atoms with E-state index in [0.717, 1.165) is 15.9 Å². The summed E-state index contributed by atoms with van der Waals surface area (Å²) >= 11 is 3.43. The van der Waals surface area contributed by atoms with E-state index in [9.17, 15) is 0 Å². The third-order valence-electron chi connectivity index (χ3n) is 1.79. The Morgan fingerprint density at radius 2 is 2.29 bits per heavy atom. The first-order valence-corrected chi connectivity index (χ1v) is 4.90. The second-order valence-corrected chi connectivity index (χ2v) is 3.86. The van der Waals surface area contributed by atoms with Crippen molar-refractivity contribution in [2.75, 3.05) is 5.73 Å². The Hall–Kier alpha value is -1.36. The zero-order valence-electron chi connectivity index (χ0n) is 7.61. The van der Waals surface area contributed by atoms with Crippen LogP contribution in [0.1, 0.15) is 5.56 Å². The third-order valence-corrected chi connectivity index (χ3v) is 2.37. The molecule has 5 heteroatoms. The average molecular weight is 253 g/mol. The normalized spacial score (nSPS) is 10.4. The summed E-state index contributed by atoms with van der Waals surface area (Å²) in [6.07, 6.45) is 3.57. The van der Waals surface area contributed by atoms with Crippen molar-refractivity contribution in [3.63, 3.8) is 0 Å². The molecule has 2 heterocycles. The molecule has 0 atom stereocenters. The number of aromatic nitrogens is 3. The summed E-state index contributed by atoms with van der Waals surface area (Å²) in [6.45, 7) is 1.99. The molecule has 2 N–H and O–H groups in total. The first-order chi connectivity index (χ1) is 6.66. The number of pyridine rings is 1. The molecule has 0 spiro atoms. The lowest BCUT2D eigenvalue weighted by atomic mass is 10.3. The van der Waals surface area contributed by atoms with Gasteiger partial charge in [0.25, 0.3) is 0 Å². The van der Waals surface area contributed by atoms with Crippen molar-refractivity contribution in [3.05, 3.63) is 34.6 Å². The van der Waals surface area contributed by atoms with Crippen LogP contribution in [-0.2, 0) is 0 Å². The van der Waals surface area contributed by atoms with Gasteiger partial charge in [0.15, 0.2) is 5.82 Å². The molecule has 4 nitrogen and oxygen atoms in total. The molecule has 0 saturated carbocycles. The Morgan fingerprint density at radius 3 is 2.86 bits per heavy atom. The molecular formula is C9H9BrN4. The maximum Gasteiger partial charge on any atom is 0.167 e. The molecule has 14 heavy (non-hydrogen) atoms. The molecule has 2 aromatic heterocycles. The van der Waals surface area contributed by atoms with E-state index < -0.39 is 0 Å². The van der Waals surface area contributed by atoms with Gasteiger partial charge in [-0.05, 0) is 34.5 Å². The van der Waals surface area contributed by atoms with Crippen LogP contribution in [0.3, 0.4) is 0 Å². The molecule has 72 valence electrons. The van der Waals surface area contributed by atoms with Crippen LogP contribution >= 0.6 is 15.9 Å². The van der Waals surface area contributed by atoms with Crippen molar-refractivity contribution in [1.82, 2.24) is 14.8 Å². The minimum Gasteiger partial charge on any atom is -0.382 e. The molecule has 0 unspecified atom stereocenters. The smallest absolute Gasteiger partial charge is 0.167 e. The van der Waals surface area contributed by atoms with E-state index in [1.165, 1.54) is 0 Å². The van der Waals surface area contributed by atoms with Crippen molar-refractivity contribution in [1.29, 1.82) is 0 Å². The summed E-state index contributed by atoms with van der Waals surface area (Å²) < 4.78 is 2.54. The number of hydrogen-bond donors (Lipinski definition) is 1. The second kappa shape index (κ2) is 3.42. The average Bonchev–Trinajstić information content (AvgIpc) is 2.51. The molecule has 0 saturated heterocycles. The number of rotatable bonds is 1. The lowest BCUT2D eigenvalue weighted by Crippen LogP contribution is -2.00. The number of nitrogens with zero attached hydrogens (tertiary/aromatic N) is 3. The topological polar surface area (TPSA) is 56.7 Å². The first kappa shape index (κ1) is 9.21. The fourth-order valence-electron chi connectivity index (χ4n) is 1.15. The van der Waals surface area contributed by atoms with Gasteiger partial charge in [-0.25, -0.2) is 9.67 Å². The van der Waals surface area contributed by atoms with Crippen LogP contribution in [0.25, 0.3) is 5.82 Å². The highest BCUT2D eigenvalue weighted by atomic mass is 79.9. The molecule has 0 aliphatic carbocycles. The van der Waals surface area contributed by atoms with E-state index in [0.29, 0.717) is 5.82 Å². The summed E-state index contributed by atoms with van der Waals surface area (Å²) in [5.74, 6) is 1.23. The van der Waals surface area contributed by atoms with Gasteiger partial charge in [-0.15, -0.1) is 5.10 Å². The molecule has 0 bridgehead atoms. The number of anilines is 1. The van der Waals surface area contributed by atoms with Crippen molar-refractivity contribution in [2.24, 2.45) is 0 Å². The van der Waals surface area contributed by atoms with E-state index in [1.54, 1.807) is 23.1 Å². The first-order valence-electron chi connectivity index (χ1n) is 4.10. The number of aryl methyl sites for hydroxylation is 1. The van der Waals surface area contributed by atoms with E-state index >= 15 is 0 Å². The van der Waals surface area contributed by atoms with Crippen LogP contribution in [0.4, 0.5) is 5.82 Å². The molecule has 0 aliphatic rings. The highest BCUT2D eigenvalue weighted by Crippen LogP contribution is 2.19. The maximum absolute atomic E-state index is 5.52. The molecule has 2 rings (SSSR count). The molecule has 0 aliphatic heterocycles. The molecule has 0 amide bonds. The molecular weight excluding hydrogens is 244 g/mol. The summed E-state index contributed by atoms with van der Waals surface area (Å²) in [7, 11) is 0. The third kappa shape index (κ3) is 1.63. The van der Waals surface area contributed by atoms with E-state index in [-0.39, 0.29) is 0 Å². The Balaban J connectivity index is 2.52. The maximum atomic E-state index is 5.52. The molecule has 2 aromatic rings. The zero-order chi connectivity index (χ0) is 10.1. The van der Waals surface area contributed by atoms with Crippen LogP contribution in [0.15, 0.2) is 29.0 Å². The van der Waals surface area contributed by atoms with E-state index in [4.69, 9.17) is 5.73 Å². The number of halogens is 1. The molecule has 0 aromatic carbocycles. The minimum absolute atomic E-state index is 0.485. The van der Waals surface area contributed by atoms with Gasteiger partial charge in [-0.1, -0.05) is 0 Å². The van der Waals surface area contributed by atoms with Gasteiger partial charge >= 0.3 is 0 Å². The quantitative estimate of drug-likeness (QED) is 0.844. The van der Waals surface area contributed by atoms with Crippen LogP contribution in [-0.4, -0.2) is 14.8 Å². The summed E-state index contributed by atoms with van der Waals surface area (Å²) in [4.78, 5) is 4.26. The van der Waals surface area contributed by atoms with Crippen LogP contribution in [0.2, 0.25) is 0 Å². The van der Waals surface area contributed by atoms with E-state index in [2.05, 4.69) is 26.0 Å². The van der Waals surface area contributed by atoms with Gasteiger partial charge in [0.2, 0.25) is 0 Å². The molecule has 0 fully saturated rings. The highest BCUT2D eigenvalue weighted by molar-refractivity contribution is 9.10. The Kier molecular flexibility index (Phi) is 2.25. The van der Waals surface area contributed by atoms with Crippen LogP contribution in [0, 0.1) is 6.92 Å². The fraction of sp³-hybridized carbons (Fsp3) is 0.111. The number of nitrogens with two attached hydrogens (primary N) is 1. The Bertz CT molecular complexity index is 464. The van der Waals surface area contributed by atoms with Crippen molar-refractivity contribution in [2.45, 2.75) is 6.92 Å². The van der Waals surface area contributed by atoms with Crippen molar-refractivity contribution >= 4 is 21.7 Å². The second-order valence-electron chi connectivity index (χ2n) is 3.00. The van der Waals surface area contributed by atoms with Crippen molar-refractivity contribution < 1.29 is 0 Å². The molecule has 0 radical (unpaired) electrons. The van der Waals surface area contributed by atoms with Gasteiger partial charge in [-0.3, -0.25) is 0 Å². The van der Waals surface area contributed by atoms with Gasteiger partial charge < -0.3 is 5.73 Å². The van der Waals surface area contributed by atoms with Gasteiger partial charge in [0.1, 0.15) is 5.82 Å². The summed E-state index contributed by atoms with van der Waals surface area (Å²) in [6, 6.07) is 3.72. The van der Waals surface area contributed by atoms with Crippen molar-refractivity contribution in [3.8, 4) is 5.82 Å². The Morgan fingerprint density at radius 1 is 1.50 bits per heavy atom. The minimum atomic E-state index is 0.485. The SMILES string of the molecule is Cc1cnc(-n2ccc(N)n2)c(Br)c1. The highest BCUT2D eigenvalue weighted by Gasteiger charge is 2.04. The van der Waals surface area contributed by atoms with Gasteiger partial charge in [0, 0.05) is 18.5 Å². The number of hydrogen-bond acceptors (Lipinski definition) is 3. The van der Waals surface area contributed by atoms with Crippen LogP contribution in [0.5, 0.6) is 0 Å². The largest absolute Gasteiger partial charge is 0.382 e. The standard InChI is InChI=1S/C9H9BrN4/c1-6-4-7(10)9(12-5-6)14-3-2-8(11)13-14/h2-5H,1H3,(H2,11,13). The monoisotopic (exact) mass is 252 g/mol. The Labute approximate surface area is 89.9 Å². The van der Waals surface area contributed by atoms with Gasteiger partial charge in [-0.2, -0.15) is 0 Å². The van der Waals surface area contributed by atoms with E-state index in [1.807, 2.05) is 13.0 Å². The predicted molar refractivity (Wildman–Crippen MR) is 58.2 cm³/mol. The lowest BCUT2D eigenvalue weighted by Gasteiger charge is -2.03. The lowest BCUT2D eigenvalue weighted by molar-refractivity contribution is 0.844. The zero-order valence-corrected chi connectivity index (χ0v) is 9.19.